The average Bonchev–Trinajstić information content (AvgIpc) is 2.56. The molecule has 1 unspecified atom stereocenters. The highest BCUT2D eigenvalue weighted by Gasteiger charge is 2.51. The first-order valence-electron chi connectivity index (χ1n) is 7.04. The molecule has 3 rings (SSSR count). The van der Waals surface area contributed by atoms with Crippen LogP contribution in [0.4, 0.5) is 13.2 Å². The Morgan fingerprint density at radius 1 is 1.26 bits per heavy atom. The Labute approximate surface area is 129 Å². The summed E-state index contributed by atoms with van der Waals surface area (Å²) >= 11 is 0. The molecule has 2 heterocycles. The molecule has 23 heavy (non-hydrogen) atoms. The third kappa shape index (κ3) is 2.61. The molecule has 1 atom stereocenters. The molecule has 0 saturated heterocycles. The molecule has 0 spiro atoms. The molecule has 122 valence electrons. The highest BCUT2D eigenvalue weighted by atomic mass is 19.3. The molecule has 1 aliphatic rings. The Hall–Kier alpha value is -2.28. The number of hydrogen-bond donors (Lipinski definition) is 1. The van der Waals surface area contributed by atoms with Crippen LogP contribution in [0.2, 0.25) is 0 Å². The molecule has 1 aliphatic heterocycles. The molecule has 0 bridgehead atoms. The lowest BCUT2D eigenvalue weighted by molar-refractivity contribution is -0.166. The molecule has 2 aromatic rings. The number of nitrogens with zero attached hydrogens (tertiary/aromatic N) is 1. The monoisotopic (exact) mass is 325 g/mol. The van der Waals surface area contributed by atoms with Crippen molar-refractivity contribution in [3.05, 3.63) is 63.7 Å². The molecule has 0 radical (unpaired) electrons. The van der Waals surface area contributed by atoms with Gasteiger partial charge in [0.2, 0.25) is 5.43 Å². The van der Waals surface area contributed by atoms with Crippen molar-refractivity contribution in [2.45, 2.75) is 25.2 Å². The quantitative estimate of drug-likeness (QED) is 0.882. The molecular weight excluding hydrogens is 311 g/mol. The van der Waals surface area contributed by atoms with Crippen LogP contribution in [0.15, 0.2) is 45.8 Å². The van der Waals surface area contributed by atoms with E-state index in [4.69, 9.17) is 9.52 Å². The highest BCUT2D eigenvalue weighted by Crippen LogP contribution is 2.39. The maximum absolute atomic E-state index is 15.2. The minimum absolute atomic E-state index is 0.0262. The number of fused-ring (bicyclic) bond motifs is 1. The van der Waals surface area contributed by atoms with Gasteiger partial charge in [0, 0.05) is 19.2 Å². The van der Waals surface area contributed by atoms with Crippen molar-refractivity contribution in [1.82, 2.24) is 4.90 Å². The van der Waals surface area contributed by atoms with Gasteiger partial charge in [0.05, 0.1) is 0 Å². The maximum atomic E-state index is 15.2. The lowest BCUT2D eigenvalue weighted by Gasteiger charge is -2.38. The summed E-state index contributed by atoms with van der Waals surface area (Å²) in [7, 11) is 0. The standard InChI is InChI=1S/C16H14F3NO3/c17-15(18)16(19,14-7-12(21)13(22)9-23-14)20-6-5-10-3-1-2-4-11(10)8-20/h1-4,7,9,15,22H,5-6,8H2. The van der Waals surface area contributed by atoms with Crippen molar-refractivity contribution < 1.29 is 22.7 Å². The van der Waals surface area contributed by atoms with Crippen LogP contribution in [0.25, 0.3) is 0 Å². The number of benzene rings is 1. The summed E-state index contributed by atoms with van der Waals surface area (Å²) in [5.41, 5.74) is 0.765. The van der Waals surface area contributed by atoms with Crippen LogP contribution in [-0.2, 0) is 18.8 Å². The fraction of sp³-hybridized carbons (Fsp3) is 0.312. The molecule has 0 saturated carbocycles. The van der Waals surface area contributed by atoms with Gasteiger partial charge in [-0.1, -0.05) is 24.3 Å². The SMILES string of the molecule is O=c1cc(C(F)(C(F)F)N2CCc3ccccc3C2)occ1O. The van der Waals surface area contributed by atoms with Gasteiger partial charge in [-0.25, -0.2) is 13.2 Å². The van der Waals surface area contributed by atoms with Crippen LogP contribution >= 0.6 is 0 Å². The molecule has 1 N–H and O–H groups in total. The van der Waals surface area contributed by atoms with Gasteiger partial charge in [0.1, 0.15) is 6.26 Å². The van der Waals surface area contributed by atoms with E-state index >= 15 is 4.39 Å². The van der Waals surface area contributed by atoms with Gasteiger partial charge in [-0.15, -0.1) is 0 Å². The van der Waals surface area contributed by atoms with E-state index in [0.717, 1.165) is 16.0 Å². The van der Waals surface area contributed by atoms with Crippen molar-refractivity contribution in [2.24, 2.45) is 0 Å². The zero-order valence-corrected chi connectivity index (χ0v) is 12.0. The lowest BCUT2D eigenvalue weighted by Crippen LogP contribution is -2.50. The Kier molecular flexibility index (Phi) is 3.89. The maximum Gasteiger partial charge on any atom is 0.293 e. The fourth-order valence-electron chi connectivity index (χ4n) is 2.76. The van der Waals surface area contributed by atoms with Crippen molar-refractivity contribution in [3.8, 4) is 5.75 Å². The number of halogens is 3. The van der Waals surface area contributed by atoms with E-state index in [0.29, 0.717) is 18.8 Å². The summed E-state index contributed by atoms with van der Waals surface area (Å²) in [5, 5.41) is 9.16. The predicted octanol–water partition coefficient (Wildman–Crippen LogP) is 2.79. The number of hydrogen-bond acceptors (Lipinski definition) is 4. The van der Waals surface area contributed by atoms with E-state index in [-0.39, 0.29) is 13.1 Å². The molecule has 0 amide bonds. The van der Waals surface area contributed by atoms with E-state index in [1.807, 2.05) is 12.1 Å². The molecular formula is C16H14F3NO3. The molecule has 1 aromatic carbocycles. The predicted molar refractivity (Wildman–Crippen MR) is 76.0 cm³/mol. The van der Waals surface area contributed by atoms with E-state index in [1.165, 1.54) is 0 Å². The van der Waals surface area contributed by atoms with Crippen LogP contribution in [0.1, 0.15) is 16.9 Å². The van der Waals surface area contributed by atoms with E-state index in [1.54, 1.807) is 12.1 Å². The fourth-order valence-corrected chi connectivity index (χ4v) is 2.76. The van der Waals surface area contributed by atoms with Crippen LogP contribution in [0.5, 0.6) is 5.75 Å². The molecule has 0 fully saturated rings. The zero-order chi connectivity index (χ0) is 16.6. The first kappa shape index (κ1) is 15.6. The lowest BCUT2D eigenvalue weighted by atomic mass is 9.97. The third-order valence-corrected chi connectivity index (χ3v) is 4.04. The summed E-state index contributed by atoms with van der Waals surface area (Å²) in [6.07, 6.45) is -2.43. The molecule has 0 aliphatic carbocycles. The van der Waals surface area contributed by atoms with E-state index in [9.17, 15) is 13.6 Å². The van der Waals surface area contributed by atoms with Crippen LogP contribution in [-0.4, -0.2) is 23.0 Å². The van der Waals surface area contributed by atoms with Crippen molar-refractivity contribution >= 4 is 0 Å². The Bertz CT molecular complexity index is 777. The largest absolute Gasteiger partial charge is 0.502 e. The number of alkyl halides is 3. The van der Waals surface area contributed by atoms with Crippen molar-refractivity contribution in [3.63, 3.8) is 0 Å². The summed E-state index contributed by atoms with van der Waals surface area (Å²) in [4.78, 5) is 12.4. The smallest absolute Gasteiger partial charge is 0.293 e. The van der Waals surface area contributed by atoms with Crippen LogP contribution in [0, 0.1) is 0 Å². The average molecular weight is 325 g/mol. The second-order valence-electron chi connectivity index (χ2n) is 5.41. The first-order chi connectivity index (χ1) is 10.9. The van der Waals surface area contributed by atoms with Gasteiger partial charge in [-0.2, -0.15) is 0 Å². The zero-order valence-electron chi connectivity index (χ0n) is 12.0. The first-order valence-corrected chi connectivity index (χ1v) is 7.04. The van der Waals surface area contributed by atoms with Gasteiger partial charge in [0.25, 0.3) is 12.2 Å². The summed E-state index contributed by atoms with van der Waals surface area (Å²) in [6, 6.07) is 7.78. The topological polar surface area (TPSA) is 53.7 Å². The van der Waals surface area contributed by atoms with Gasteiger partial charge < -0.3 is 9.52 Å². The minimum Gasteiger partial charge on any atom is -0.502 e. The third-order valence-electron chi connectivity index (χ3n) is 4.04. The minimum atomic E-state index is -3.42. The Balaban J connectivity index is 2.02. The van der Waals surface area contributed by atoms with Crippen LogP contribution in [0.3, 0.4) is 0 Å². The summed E-state index contributed by atoms with van der Waals surface area (Å²) < 4.78 is 47.0. The van der Waals surface area contributed by atoms with E-state index < -0.39 is 29.2 Å². The number of rotatable bonds is 3. The Morgan fingerprint density at radius 2 is 1.96 bits per heavy atom. The van der Waals surface area contributed by atoms with Crippen LogP contribution < -0.4 is 5.43 Å². The van der Waals surface area contributed by atoms with Gasteiger partial charge in [0.15, 0.2) is 11.5 Å². The number of aromatic hydroxyl groups is 1. The Morgan fingerprint density at radius 3 is 2.61 bits per heavy atom. The second kappa shape index (κ2) is 5.73. The normalized spacial score (nSPS) is 17.7. The summed E-state index contributed by atoms with van der Waals surface area (Å²) in [5.74, 6) is -4.80. The molecule has 4 nitrogen and oxygen atoms in total. The molecule has 7 heteroatoms. The van der Waals surface area contributed by atoms with Gasteiger partial charge in [-0.05, 0) is 17.5 Å². The van der Waals surface area contributed by atoms with Gasteiger partial charge in [-0.3, -0.25) is 9.69 Å². The van der Waals surface area contributed by atoms with Crippen molar-refractivity contribution in [2.75, 3.05) is 6.54 Å². The van der Waals surface area contributed by atoms with Gasteiger partial charge >= 0.3 is 0 Å². The van der Waals surface area contributed by atoms with E-state index in [2.05, 4.69) is 0 Å². The second-order valence-corrected chi connectivity index (χ2v) is 5.41. The summed E-state index contributed by atoms with van der Waals surface area (Å²) in [6.45, 7) is 0.0318. The van der Waals surface area contributed by atoms with Crippen molar-refractivity contribution in [1.29, 1.82) is 0 Å². The highest BCUT2D eigenvalue weighted by molar-refractivity contribution is 5.30. The molecule has 1 aromatic heterocycles.